The fraction of sp³-hybridized carbons (Fsp3) is 0.143. The van der Waals surface area contributed by atoms with Crippen LogP contribution in [-0.2, 0) is 19.5 Å². The van der Waals surface area contributed by atoms with E-state index < -0.39 is 22.0 Å². The molecule has 1 heterocycles. The summed E-state index contributed by atoms with van der Waals surface area (Å²) in [4.78, 5) is 22.6. The predicted octanol–water partition coefficient (Wildman–Crippen LogP) is 2.78. The first-order valence-electron chi connectivity index (χ1n) is 6.37. The van der Waals surface area contributed by atoms with Crippen molar-refractivity contribution in [1.82, 2.24) is 0 Å². The van der Waals surface area contributed by atoms with Crippen molar-refractivity contribution in [3.05, 3.63) is 45.1 Å². The van der Waals surface area contributed by atoms with Crippen molar-refractivity contribution in [2.24, 2.45) is 0 Å². The van der Waals surface area contributed by atoms with Gasteiger partial charge in [-0.1, -0.05) is 11.6 Å². The molecular weight excluding hydrogens is 378 g/mol. The molecule has 2 rings (SSSR count). The number of esters is 2. The highest BCUT2D eigenvalue weighted by molar-refractivity contribution is 7.93. The highest BCUT2D eigenvalue weighted by atomic mass is 35.5. The summed E-state index contributed by atoms with van der Waals surface area (Å²) in [5.74, 6) is -1.34. The monoisotopic (exact) mass is 389 g/mol. The van der Waals surface area contributed by atoms with Gasteiger partial charge in [-0.3, -0.25) is 4.72 Å². The standard InChI is InChI=1S/C14H12ClNO6S2/c1-21-13(17)8-3-5-9(6-4-8)16-24(19,20)10-7-11(15)23-12(10)14(18)22-2/h3-7,16H,1-2H3. The molecule has 0 unspecified atom stereocenters. The van der Waals surface area contributed by atoms with Crippen LogP contribution in [0.15, 0.2) is 35.2 Å². The average molecular weight is 390 g/mol. The van der Waals surface area contributed by atoms with Crippen molar-refractivity contribution in [3.63, 3.8) is 0 Å². The number of hydrogen-bond donors (Lipinski definition) is 1. The molecule has 0 aliphatic rings. The third-order valence-corrected chi connectivity index (χ3v) is 5.67. The van der Waals surface area contributed by atoms with Gasteiger partial charge in [0, 0.05) is 5.69 Å². The number of ether oxygens (including phenoxy) is 2. The quantitative estimate of drug-likeness (QED) is 0.789. The maximum atomic E-state index is 12.5. The van der Waals surface area contributed by atoms with E-state index in [-0.39, 0.29) is 25.4 Å². The molecule has 10 heteroatoms. The van der Waals surface area contributed by atoms with Gasteiger partial charge in [-0.15, -0.1) is 11.3 Å². The summed E-state index contributed by atoms with van der Waals surface area (Å²) in [6, 6.07) is 6.78. The molecule has 0 bridgehead atoms. The smallest absolute Gasteiger partial charge is 0.349 e. The van der Waals surface area contributed by atoms with Gasteiger partial charge in [-0.2, -0.15) is 0 Å². The summed E-state index contributed by atoms with van der Waals surface area (Å²) in [5.41, 5.74) is 0.482. The molecular formula is C14H12ClNO6S2. The first-order chi connectivity index (χ1) is 11.3. The molecule has 1 N–H and O–H groups in total. The van der Waals surface area contributed by atoms with Crippen molar-refractivity contribution in [1.29, 1.82) is 0 Å². The Hall–Kier alpha value is -2.10. The third kappa shape index (κ3) is 3.86. The number of thiophene rings is 1. The minimum absolute atomic E-state index is 0.124. The maximum absolute atomic E-state index is 12.5. The topological polar surface area (TPSA) is 98.8 Å². The fourth-order valence-corrected chi connectivity index (χ4v) is 4.57. The fourth-order valence-electron chi connectivity index (χ4n) is 1.78. The Balaban J connectivity index is 2.32. The van der Waals surface area contributed by atoms with Crippen LogP contribution in [0.4, 0.5) is 5.69 Å². The van der Waals surface area contributed by atoms with Gasteiger partial charge in [0.05, 0.1) is 24.1 Å². The second-order valence-electron chi connectivity index (χ2n) is 4.41. The Morgan fingerprint density at radius 3 is 2.21 bits per heavy atom. The van der Waals surface area contributed by atoms with Crippen LogP contribution in [0.3, 0.4) is 0 Å². The van der Waals surface area contributed by atoms with Gasteiger partial charge in [0.15, 0.2) is 0 Å². The van der Waals surface area contributed by atoms with E-state index in [4.69, 9.17) is 11.6 Å². The van der Waals surface area contributed by atoms with Gasteiger partial charge in [-0.25, -0.2) is 18.0 Å². The van der Waals surface area contributed by atoms with E-state index in [0.29, 0.717) is 0 Å². The molecule has 0 aliphatic carbocycles. The van der Waals surface area contributed by atoms with Crippen LogP contribution in [0.25, 0.3) is 0 Å². The number of carbonyl (C=O) groups excluding carboxylic acids is 2. The lowest BCUT2D eigenvalue weighted by atomic mass is 10.2. The number of carbonyl (C=O) groups is 2. The first kappa shape index (κ1) is 18.2. The molecule has 0 radical (unpaired) electrons. The number of nitrogens with one attached hydrogen (secondary N) is 1. The van der Waals surface area contributed by atoms with Crippen LogP contribution in [0, 0.1) is 0 Å². The van der Waals surface area contributed by atoms with Gasteiger partial charge in [0.25, 0.3) is 10.0 Å². The lowest BCUT2D eigenvalue weighted by molar-refractivity contribution is 0.0592. The first-order valence-corrected chi connectivity index (χ1v) is 9.05. The van der Waals surface area contributed by atoms with Crippen LogP contribution in [0.1, 0.15) is 20.0 Å². The zero-order chi connectivity index (χ0) is 17.9. The summed E-state index contributed by atoms with van der Waals surface area (Å²) in [7, 11) is -1.67. The molecule has 2 aromatic rings. The van der Waals surface area contributed by atoms with Crippen LogP contribution in [0.2, 0.25) is 4.34 Å². The lowest BCUT2D eigenvalue weighted by Crippen LogP contribution is -2.15. The van der Waals surface area contributed by atoms with E-state index in [1.54, 1.807) is 0 Å². The van der Waals surface area contributed by atoms with E-state index in [1.165, 1.54) is 37.4 Å². The number of sulfonamides is 1. The molecule has 0 spiro atoms. The minimum Gasteiger partial charge on any atom is -0.465 e. The molecule has 0 amide bonds. The Morgan fingerprint density at radius 2 is 1.67 bits per heavy atom. The summed E-state index contributed by atoms with van der Waals surface area (Å²) in [5, 5.41) is 0. The predicted molar refractivity (Wildman–Crippen MR) is 89.3 cm³/mol. The van der Waals surface area contributed by atoms with Gasteiger partial charge < -0.3 is 9.47 Å². The highest BCUT2D eigenvalue weighted by Gasteiger charge is 2.26. The number of rotatable bonds is 5. The number of halogens is 1. The maximum Gasteiger partial charge on any atom is 0.349 e. The van der Waals surface area contributed by atoms with E-state index in [1.807, 2.05) is 0 Å². The van der Waals surface area contributed by atoms with Crippen LogP contribution in [-0.4, -0.2) is 34.6 Å². The van der Waals surface area contributed by atoms with Crippen LogP contribution < -0.4 is 4.72 Å². The Kier molecular flexibility index (Phi) is 5.47. The van der Waals surface area contributed by atoms with Gasteiger partial charge >= 0.3 is 11.9 Å². The molecule has 1 aromatic heterocycles. The van der Waals surface area contributed by atoms with Crippen molar-refractivity contribution in [3.8, 4) is 0 Å². The normalized spacial score (nSPS) is 11.0. The largest absolute Gasteiger partial charge is 0.465 e. The van der Waals surface area contributed by atoms with E-state index in [9.17, 15) is 18.0 Å². The van der Waals surface area contributed by atoms with Crippen molar-refractivity contribution >= 4 is 50.6 Å². The summed E-state index contributed by atoms with van der Waals surface area (Å²) >= 11 is 6.62. The minimum atomic E-state index is -4.06. The second-order valence-corrected chi connectivity index (χ2v) is 7.74. The van der Waals surface area contributed by atoms with Crippen LogP contribution in [0.5, 0.6) is 0 Å². The van der Waals surface area contributed by atoms with Crippen molar-refractivity contribution in [2.75, 3.05) is 18.9 Å². The van der Waals surface area contributed by atoms with E-state index in [2.05, 4.69) is 14.2 Å². The zero-order valence-electron chi connectivity index (χ0n) is 12.5. The number of benzene rings is 1. The molecule has 0 fully saturated rings. The third-order valence-electron chi connectivity index (χ3n) is 2.89. The molecule has 128 valence electrons. The number of methoxy groups -OCH3 is 2. The van der Waals surface area contributed by atoms with E-state index >= 15 is 0 Å². The lowest BCUT2D eigenvalue weighted by Gasteiger charge is -2.08. The molecule has 7 nitrogen and oxygen atoms in total. The number of hydrogen-bond acceptors (Lipinski definition) is 7. The Morgan fingerprint density at radius 1 is 1.08 bits per heavy atom. The van der Waals surface area contributed by atoms with Crippen molar-refractivity contribution < 1.29 is 27.5 Å². The van der Waals surface area contributed by atoms with Gasteiger partial charge in [0.2, 0.25) is 0 Å². The Bertz CT molecular complexity index is 873. The van der Waals surface area contributed by atoms with E-state index in [0.717, 1.165) is 18.4 Å². The van der Waals surface area contributed by atoms with Gasteiger partial charge in [0.1, 0.15) is 9.77 Å². The van der Waals surface area contributed by atoms with Crippen LogP contribution >= 0.6 is 22.9 Å². The second kappa shape index (κ2) is 7.20. The zero-order valence-corrected chi connectivity index (χ0v) is 14.9. The summed E-state index contributed by atoms with van der Waals surface area (Å²) in [6.45, 7) is 0. The Labute approximate surface area is 147 Å². The molecule has 0 atom stereocenters. The molecule has 0 saturated carbocycles. The molecule has 0 saturated heterocycles. The SMILES string of the molecule is COC(=O)c1ccc(NS(=O)(=O)c2cc(Cl)sc2C(=O)OC)cc1. The van der Waals surface area contributed by atoms with Gasteiger partial charge in [-0.05, 0) is 30.3 Å². The van der Waals surface area contributed by atoms with Crippen molar-refractivity contribution in [2.45, 2.75) is 4.90 Å². The molecule has 24 heavy (non-hydrogen) atoms. The molecule has 0 aliphatic heterocycles. The highest BCUT2D eigenvalue weighted by Crippen LogP contribution is 2.32. The molecule has 1 aromatic carbocycles. The summed E-state index contributed by atoms with van der Waals surface area (Å²) in [6.07, 6.45) is 0. The average Bonchev–Trinajstić information content (AvgIpc) is 2.96. The number of anilines is 1. The summed E-state index contributed by atoms with van der Waals surface area (Å²) < 4.78 is 36.5.